The molecule has 2 aliphatic carbocycles. The molecule has 2 fully saturated rings. The maximum atomic E-state index is 13.0. The van der Waals surface area contributed by atoms with Gasteiger partial charge in [0, 0.05) is 30.1 Å². The number of halogens is 1. The Morgan fingerprint density at radius 3 is 2.65 bits per heavy atom. The highest BCUT2D eigenvalue weighted by Crippen LogP contribution is 2.34. The van der Waals surface area contributed by atoms with Crippen molar-refractivity contribution in [2.45, 2.75) is 57.2 Å². The first-order valence-electron chi connectivity index (χ1n) is 8.37. The summed E-state index contributed by atoms with van der Waals surface area (Å²) < 4.78 is 5.43. The average Bonchev–Trinajstić information content (AvgIpc) is 3.37. The Balaban J connectivity index is 0.00000192. The van der Waals surface area contributed by atoms with Crippen molar-refractivity contribution >= 4 is 18.3 Å². The van der Waals surface area contributed by atoms with Gasteiger partial charge < -0.3 is 15.4 Å². The summed E-state index contributed by atoms with van der Waals surface area (Å²) in [5, 5.41) is 0. The van der Waals surface area contributed by atoms with Gasteiger partial charge in [-0.3, -0.25) is 4.79 Å². The maximum absolute atomic E-state index is 13.0. The number of ether oxygens (including phenoxy) is 1. The molecular weight excluding hydrogens is 312 g/mol. The topological polar surface area (TPSA) is 55.6 Å². The third kappa shape index (κ3) is 4.39. The van der Waals surface area contributed by atoms with E-state index in [0.717, 1.165) is 49.8 Å². The SMILES string of the molecule is COc1ccccc1CN(C(=O)C1CCCC(N)C1)C1CC1.Cl. The van der Waals surface area contributed by atoms with Gasteiger partial charge in [0.05, 0.1) is 7.11 Å². The summed E-state index contributed by atoms with van der Waals surface area (Å²) in [4.78, 5) is 15.0. The molecule has 0 spiro atoms. The van der Waals surface area contributed by atoms with Gasteiger partial charge in [-0.2, -0.15) is 0 Å². The van der Waals surface area contributed by atoms with Crippen molar-refractivity contribution in [3.8, 4) is 5.75 Å². The summed E-state index contributed by atoms with van der Waals surface area (Å²) in [6.07, 6.45) is 6.21. The number of hydrogen-bond donors (Lipinski definition) is 1. The number of rotatable bonds is 5. The molecule has 0 heterocycles. The van der Waals surface area contributed by atoms with Gasteiger partial charge in [-0.25, -0.2) is 0 Å². The highest BCUT2D eigenvalue weighted by molar-refractivity contribution is 5.85. The smallest absolute Gasteiger partial charge is 0.226 e. The highest BCUT2D eigenvalue weighted by atomic mass is 35.5. The monoisotopic (exact) mass is 338 g/mol. The van der Waals surface area contributed by atoms with Crippen molar-refractivity contribution in [3.05, 3.63) is 29.8 Å². The zero-order valence-electron chi connectivity index (χ0n) is 13.7. The third-order valence-electron chi connectivity index (χ3n) is 4.87. The lowest BCUT2D eigenvalue weighted by Crippen LogP contribution is -2.41. The van der Waals surface area contributed by atoms with E-state index in [0.29, 0.717) is 18.5 Å². The minimum atomic E-state index is 0. The second-order valence-electron chi connectivity index (χ2n) is 6.63. The van der Waals surface area contributed by atoms with Gasteiger partial charge in [0.2, 0.25) is 5.91 Å². The van der Waals surface area contributed by atoms with Gasteiger partial charge in [0.25, 0.3) is 0 Å². The first kappa shape index (κ1) is 18.1. The number of methoxy groups -OCH3 is 1. The summed E-state index contributed by atoms with van der Waals surface area (Å²) in [5.41, 5.74) is 7.15. The molecule has 2 aliphatic rings. The summed E-state index contributed by atoms with van der Waals surface area (Å²) in [6, 6.07) is 8.58. The molecule has 128 valence electrons. The maximum Gasteiger partial charge on any atom is 0.226 e. The van der Waals surface area contributed by atoms with Crippen LogP contribution in [0.4, 0.5) is 0 Å². The molecule has 4 nitrogen and oxygen atoms in total. The highest BCUT2D eigenvalue weighted by Gasteiger charge is 2.37. The molecular formula is C18H27ClN2O2. The largest absolute Gasteiger partial charge is 0.496 e. The molecule has 1 amide bonds. The molecule has 1 aromatic carbocycles. The van der Waals surface area contributed by atoms with Crippen molar-refractivity contribution in [2.75, 3.05) is 7.11 Å². The molecule has 1 aromatic rings. The number of hydrogen-bond acceptors (Lipinski definition) is 3. The minimum Gasteiger partial charge on any atom is -0.496 e. The van der Waals surface area contributed by atoms with E-state index < -0.39 is 0 Å². The van der Waals surface area contributed by atoms with Crippen LogP contribution in [0.3, 0.4) is 0 Å². The number of carbonyl (C=O) groups excluding carboxylic acids is 1. The van der Waals surface area contributed by atoms with Crippen LogP contribution in [0.15, 0.2) is 24.3 Å². The van der Waals surface area contributed by atoms with Gasteiger partial charge in [-0.15, -0.1) is 12.4 Å². The Morgan fingerprint density at radius 1 is 1.26 bits per heavy atom. The van der Waals surface area contributed by atoms with Gasteiger partial charge in [-0.1, -0.05) is 24.6 Å². The van der Waals surface area contributed by atoms with Crippen molar-refractivity contribution in [1.82, 2.24) is 4.90 Å². The summed E-state index contributed by atoms with van der Waals surface area (Å²) in [6.45, 7) is 0.652. The molecule has 3 rings (SSSR count). The van der Waals surface area contributed by atoms with Crippen LogP contribution < -0.4 is 10.5 Å². The molecule has 0 aromatic heterocycles. The van der Waals surface area contributed by atoms with E-state index >= 15 is 0 Å². The number of benzene rings is 1. The lowest BCUT2D eigenvalue weighted by Gasteiger charge is -2.32. The van der Waals surface area contributed by atoms with Crippen LogP contribution in [0.1, 0.15) is 44.1 Å². The fourth-order valence-electron chi connectivity index (χ4n) is 3.48. The Hall–Kier alpha value is -1.26. The summed E-state index contributed by atoms with van der Waals surface area (Å²) in [7, 11) is 1.68. The minimum absolute atomic E-state index is 0. The number of carbonyl (C=O) groups is 1. The molecule has 23 heavy (non-hydrogen) atoms. The number of para-hydroxylation sites is 1. The van der Waals surface area contributed by atoms with Crippen molar-refractivity contribution in [2.24, 2.45) is 11.7 Å². The second kappa shape index (κ2) is 8.02. The van der Waals surface area contributed by atoms with Crippen LogP contribution in [0, 0.1) is 5.92 Å². The average molecular weight is 339 g/mol. The predicted octanol–water partition coefficient (Wildman–Crippen LogP) is 3.13. The first-order chi connectivity index (χ1) is 10.7. The Kier molecular flexibility index (Phi) is 6.31. The molecule has 2 saturated carbocycles. The lowest BCUT2D eigenvalue weighted by atomic mass is 9.85. The van der Waals surface area contributed by atoms with Crippen LogP contribution in [0.5, 0.6) is 5.75 Å². The van der Waals surface area contributed by atoms with Gasteiger partial charge in [0.1, 0.15) is 5.75 Å². The summed E-state index contributed by atoms with van der Waals surface area (Å²) >= 11 is 0. The van der Waals surface area contributed by atoms with Gasteiger partial charge in [0.15, 0.2) is 0 Å². The summed E-state index contributed by atoms with van der Waals surface area (Å²) in [5.74, 6) is 1.27. The molecule has 0 bridgehead atoms. The zero-order chi connectivity index (χ0) is 15.5. The normalized spacial score (nSPS) is 23.7. The molecule has 0 saturated heterocycles. The van der Waals surface area contributed by atoms with E-state index in [1.54, 1.807) is 7.11 Å². The molecule has 2 unspecified atom stereocenters. The van der Waals surface area contributed by atoms with E-state index in [1.807, 2.05) is 24.3 Å². The van der Waals surface area contributed by atoms with Crippen molar-refractivity contribution in [1.29, 1.82) is 0 Å². The number of nitrogens with zero attached hydrogens (tertiary/aromatic N) is 1. The number of amides is 1. The lowest BCUT2D eigenvalue weighted by molar-refractivity contribution is -0.138. The van der Waals surface area contributed by atoms with Gasteiger partial charge in [-0.05, 0) is 38.2 Å². The van der Waals surface area contributed by atoms with E-state index in [-0.39, 0.29) is 24.4 Å². The molecule has 2 N–H and O–H groups in total. The Morgan fingerprint density at radius 2 is 2.00 bits per heavy atom. The van der Waals surface area contributed by atoms with Crippen LogP contribution in [-0.4, -0.2) is 30.0 Å². The Bertz CT molecular complexity index is 534. The molecule has 0 aliphatic heterocycles. The fraction of sp³-hybridized carbons (Fsp3) is 0.611. The Labute approximate surface area is 144 Å². The van der Waals surface area contributed by atoms with E-state index in [4.69, 9.17) is 10.5 Å². The van der Waals surface area contributed by atoms with Crippen molar-refractivity contribution < 1.29 is 9.53 Å². The van der Waals surface area contributed by atoms with Crippen LogP contribution in [0.25, 0.3) is 0 Å². The molecule has 5 heteroatoms. The van der Waals surface area contributed by atoms with Gasteiger partial charge >= 0.3 is 0 Å². The second-order valence-corrected chi connectivity index (χ2v) is 6.63. The number of nitrogens with two attached hydrogens (primary N) is 1. The molecule has 0 radical (unpaired) electrons. The van der Waals surface area contributed by atoms with Crippen LogP contribution >= 0.6 is 12.4 Å². The van der Waals surface area contributed by atoms with Crippen molar-refractivity contribution in [3.63, 3.8) is 0 Å². The standard InChI is InChI=1S/C18H26N2O2.ClH/c1-22-17-8-3-2-5-14(17)12-20(16-9-10-16)18(21)13-6-4-7-15(19)11-13;/h2-3,5,8,13,15-16H,4,6-7,9-12,19H2,1H3;1H. The van der Waals surface area contributed by atoms with E-state index in [1.165, 1.54) is 0 Å². The van der Waals surface area contributed by atoms with E-state index in [9.17, 15) is 4.79 Å². The van der Waals surface area contributed by atoms with Crippen LogP contribution in [0.2, 0.25) is 0 Å². The third-order valence-corrected chi connectivity index (χ3v) is 4.87. The predicted molar refractivity (Wildman–Crippen MR) is 93.7 cm³/mol. The first-order valence-corrected chi connectivity index (χ1v) is 8.37. The quantitative estimate of drug-likeness (QED) is 0.897. The fourth-order valence-corrected chi connectivity index (χ4v) is 3.48. The molecule has 2 atom stereocenters. The van der Waals surface area contributed by atoms with Crippen LogP contribution in [-0.2, 0) is 11.3 Å². The zero-order valence-corrected chi connectivity index (χ0v) is 14.6. The van der Waals surface area contributed by atoms with E-state index in [2.05, 4.69) is 4.90 Å².